The SMILES string of the molecule is Cc1ccc(-c2cn(C)nc2-c2ccccc2S(N)(=O)=O)cc1F. The van der Waals surface area contributed by atoms with Crippen LogP contribution < -0.4 is 5.14 Å². The molecule has 1 heterocycles. The Labute approximate surface area is 139 Å². The summed E-state index contributed by atoms with van der Waals surface area (Å²) >= 11 is 0. The molecule has 3 rings (SSSR count). The van der Waals surface area contributed by atoms with E-state index >= 15 is 0 Å². The third-order valence-corrected chi connectivity index (χ3v) is 4.73. The lowest BCUT2D eigenvalue weighted by molar-refractivity contribution is 0.598. The van der Waals surface area contributed by atoms with E-state index in [1.165, 1.54) is 12.1 Å². The molecule has 0 bridgehead atoms. The standard InChI is InChI=1S/C17H16FN3O2S/c1-11-7-8-12(9-15(11)18)14-10-21(2)20-17(14)13-5-3-4-6-16(13)24(19,22)23/h3-10H,1-2H3,(H2,19,22,23). The van der Waals surface area contributed by atoms with Crippen LogP contribution >= 0.6 is 0 Å². The number of benzene rings is 2. The van der Waals surface area contributed by atoms with Crippen molar-refractivity contribution in [2.75, 3.05) is 0 Å². The van der Waals surface area contributed by atoms with Gasteiger partial charge in [-0.25, -0.2) is 17.9 Å². The van der Waals surface area contributed by atoms with Crippen molar-refractivity contribution in [1.82, 2.24) is 9.78 Å². The zero-order valence-corrected chi connectivity index (χ0v) is 14.0. The van der Waals surface area contributed by atoms with Crippen molar-refractivity contribution in [3.05, 3.63) is 60.0 Å². The van der Waals surface area contributed by atoms with Gasteiger partial charge in [0.15, 0.2) is 0 Å². The van der Waals surface area contributed by atoms with E-state index in [2.05, 4.69) is 5.10 Å². The third-order valence-electron chi connectivity index (χ3n) is 3.76. The Balaban J connectivity index is 2.27. The lowest BCUT2D eigenvalue weighted by atomic mass is 10.0. The van der Waals surface area contributed by atoms with Gasteiger partial charge in [-0.2, -0.15) is 5.10 Å². The molecule has 24 heavy (non-hydrogen) atoms. The third kappa shape index (κ3) is 2.95. The number of nitrogens with two attached hydrogens (primary N) is 1. The van der Waals surface area contributed by atoms with Crippen molar-refractivity contribution < 1.29 is 12.8 Å². The highest BCUT2D eigenvalue weighted by Crippen LogP contribution is 2.34. The summed E-state index contributed by atoms with van der Waals surface area (Å²) in [5.41, 5.74) is 2.61. The van der Waals surface area contributed by atoms with E-state index in [0.29, 0.717) is 27.9 Å². The number of sulfonamides is 1. The normalized spacial score (nSPS) is 11.7. The average molecular weight is 345 g/mol. The number of hydrogen-bond acceptors (Lipinski definition) is 3. The highest BCUT2D eigenvalue weighted by atomic mass is 32.2. The summed E-state index contributed by atoms with van der Waals surface area (Å²) in [6, 6.07) is 11.2. The predicted molar refractivity (Wildman–Crippen MR) is 90.1 cm³/mol. The van der Waals surface area contributed by atoms with Gasteiger partial charge in [-0.05, 0) is 30.2 Å². The van der Waals surface area contributed by atoms with Crippen molar-refractivity contribution in [3.63, 3.8) is 0 Å². The summed E-state index contributed by atoms with van der Waals surface area (Å²) in [6.45, 7) is 1.68. The molecule has 0 unspecified atom stereocenters. The van der Waals surface area contributed by atoms with E-state index < -0.39 is 10.0 Å². The van der Waals surface area contributed by atoms with Crippen LogP contribution in [0.25, 0.3) is 22.4 Å². The van der Waals surface area contributed by atoms with Crippen LogP contribution in [0.15, 0.2) is 53.6 Å². The van der Waals surface area contributed by atoms with E-state index in [4.69, 9.17) is 5.14 Å². The zero-order chi connectivity index (χ0) is 17.5. The molecule has 0 aliphatic carbocycles. The molecule has 0 amide bonds. The number of halogens is 1. The summed E-state index contributed by atoms with van der Waals surface area (Å²) in [5, 5.41) is 9.67. The maximum absolute atomic E-state index is 13.9. The highest BCUT2D eigenvalue weighted by molar-refractivity contribution is 7.89. The van der Waals surface area contributed by atoms with Crippen molar-refractivity contribution in [1.29, 1.82) is 0 Å². The molecule has 0 fully saturated rings. The molecule has 0 atom stereocenters. The minimum Gasteiger partial charge on any atom is -0.275 e. The zero-order valence-electron chi connectivity index (χ0n) is 13.2. The maximum Gasteiger partial charge on any atom is 0.238 e. The largest absolute Gasteiger partial charge is 0.275 e. The molecular formula is C17H16FN3O2S. The molecule has 1 aromatic heterocycles. The van der Waals surface area contributed by atoms with Gasteiger partial charge in [0.1, 0.15) is 11.5 Å². The molecule has 2 N–H and O–H groups in total. The van der Waals surface area contributed by atoms with Gasteiger partial charge in [-0.1, -0.05) is 30.3 Å². The summed E-state index contributed by atoms with van der Waals surface area (Å²) in [5.74, 6) is -0.331. The number of primary sulfonamides is 1. The molecule has 0 aliphatic rings. The van der Waals surface area contributed by atoms with E-state index in [1.54, 1.807) is 55.2 Å². The Morgan fingerprint density at radius 2 is 1.83 bits per heavy atom. The first-order chi connectivity index (χ1) is 11.3. The van der Waals surface area contributed by atoms with Crippen LogP contribution in [0, 0.1) is 12.7 Å². The number of rotatable bonds is 3. The van der Waals surface area contributed by atoms with Crippen LogP contribution in [0.5, 0.6) is 0 Å². The molecule has 0 radical (unpaired) electrons. The Hall–Kier alpha value is -2.51. The predicted octanol–water partition coefficient (Wildman–Crippen LogP) is 2.85. The molecule has 0 saturated carbocycles. The van der Waals surface area contributed by atoms with Crippen LogP contribution in [-0.4, -0.2) is 18.2 Å². The summed E-state index contributed by atoms with van der Waals surface area (Å²) in [7, 11) is -2.19. The molecule has 124 valence electrons. The maximum atomic E-state index is 13.9. The first-order valence-corrected chi connectivity index (χ1v) is 8.74. The van der Waals surface area contributed by atoms with Crippen LogP contribution in [0.2, 0.25) is 0 Å². The topological polar surface area (TPSA) is 78.0 Å². The Kier molecular flexibility index (Phi) is 3.98. The first kappa shape index (κ1) is 16.4. The fourth-order valence-electron chi connectivity index (χ4n) is 2.57. The summed E-state index contributed by atoms with van der Waals surface area (Å²) in [6.07, 6.45) is 1.72. The molecule has 0 spiro atoms. The molecule has 5 nitrogen and oxygen atoms in total. The first-order valence-electron chi connectivity index (χ1n) is 7.20. The Morgan fingerprint density at radius 3 is 2.50 bits per heavy atom. The minimum absolute atomic E-state index is 0.0162. The van der Waals surface area contributed by atoms with Crippen molar-refractivity contribution in [2.24, 2.45) is 12.2 Å². The van der Waals surface area contributed by atoms with Gasteiger partial charge >= 0.3 is 0 Å². The second-order valence-electron chi connectivity index (χ2n) is 5.57. The Morgan fingerprint density at radius 1 is 1.12 bits per heavy atom. The van der Waals surface area contributed by atoms with E-state index in [0.717, 1.165) is 0 Å². The summed E-state index contributed by atoms with van der Waals surface area (Å²) in [4.78, 5) is -0.0162. The molecule has 0 saturated heterocycles. The van der Waals surface area contributed by atoms with Crippen molar-refractivity contribution in [3.8, 4) is 22.4 Å². The monoisotopic (exact) mass is 345 g/mol. The van der Waals surface area contributed by atoms with Gasteiger partial charge in [0.05, 0.1) is 4.90 Å². The lowest BCUT2D eigenvalue weighted by Gasteiger charge is -2.08. The van der Waals surface area contributed by atoms with Gasteiger partial charge in [0.2, 0.25) is 10.0 Å². The van der Waals surface area contributed by atoms with Crippen LogP contribution in [0.1, 0.15) is 5.56 Å². The molecule has 2 aromatic carbocycles. The fourth-order valence-corrected chi connectivity index (χ4v) is 3.31. The lowest BCUT2D eigenvalue weighted by Crippen LogP contribution is -2.13. The second-order valence-corrected chi connectivity index (χ2v) is 7.10. The van der Waals surface area contributed by atoms with Crippen LogP contribution in [0.4, 0.5) is 4.39 Å². The van der Waals surface area contributed by atoms with Crippen LogP contribution in [0.3, 0.4) is 0 Å². The van der Waals surface area contributed by atoms with E-state index in [1.807, 2.05) is 0 Å². The second kappa shape index (κ2) is 5.85. The van der Waals surface area contributed by atoms with Gasteiger partial charge in [-0.15, -0.1) is 0 Å². The smallest absolute Gasteiger partial charge is 0.238 e. The molecular weight excluding hydrogens is 329 g/mol. The highest BCUT2D eigenvalue weighted by Gasteiger charge is 2.20. The number of aryl methyl sites for hydroxylation is 2. The van der Waals surface area contributed by atoms with Crippen LogP contribution in [-0.2, 0) is 17.1 Å². The van der Waals surface area contributed by atoms with Gasteiger partial charge in [-0.3, -0.25) is 4.68 Å². The Bertz CT molecular complexity index is 1030. The quantitative estimate of drug-likeness (QED) is 0.793. The fraction of sp³-hybridized carbons (Fsp3) is 0.118. The minimum atomic E-state index is -3.91. The number of aromatic nitrogens is 2. The number of nitrogens with zero attached hydrogens (tertiary/aromatic N) is 2. The van der Waals surface area contributed by atoms with Crippen molar-refractivity contribution in [2.45, 2.75) is 11.8 Å². The molecule has 0 aliphatic heterocycles. The van der Waals surface area contributed by atoms with Gasteiger partial charge < -0.3 is 0 Å². The molecule has 7 heteroatoms. The number of hydrogen-bond donors (Lipinski definition) is 1. The van der Waals surface area contributed by atoms with Crippen molar-refractivity contribution >= 4 is 10.0 Å². The molecule has 3 aromatic rings. The average Bonchev–Trinajstić information content (AvgIpc) is 2.91. The van der Waals surface area contributed by atoms with E-state index in [9.17, 15) is 12.8 Å². The van der Waals surface area contributed by atoms with E-state index in [-0.39, 0.29) is 10.7 Å². The van der Waals surface area contributed by atoms with Gasteiger partial charge in [0.25, 0.3) is 0 Å². The summed E-state index contributed by atoms with van der Waals surface area (Å²) < 4.78 is 39.2. The van der Waals surface area contributed by atoms with Gasteiger partial charge in [0, 0.05) is 24.4 Å².